The maximum atomic E-state index is 12.6. The molecule has 5 rings (SSSR count). The molecule has 0 saturated heterocycles. The van der Waals surface area contributed by atoms with Gasteiger partial charge in [0.25, 0.3) is 5.89 Å². The summed E-state index contributed by atoms with van der Waals surface area (Å²) in [6, 6.07) is 11.5. The van der Waals surface area contributed by atoms with Crippen molar-refractivity contribution in [1.29, 1.82) is 0 Å². The molecule has 0 spiro atoms. The van der Waals surface area contributed by atoms with Crippen molar-refractivity contribution >= 4 is 10.9 Å². The summed E-state index contributed by atoms with van der Waals surface area (Å²) in [5.41, 5.74) is 3.93. The number of nitrogens with zero attached hydrogens (tertiary/aromatic N) is 6. The first-order valence-corrected chi connectivity index (χ1v) is 8.70. The molecule has 4 aromatic heterocycles. The van der Waals surface area contributed by atoms with Crippen LogP contribution in [-0.4, -0.2) is 35.2 Å². The van der Waals surface area contributed by atoms with Gasteiger partial charge in [-0.1, -0.05) is 17.3 Å². The van der Waals surface area contributed by atoms with Crippen molar-refractivity contribution in [2.24, 2.45) is 0 Å². The molecule has 0 saturated carbocycles. The van der Waals surface area contributed by atoms with Crippen molar-refractivity contribution in [3.8, 4) is 22.7 Å². The number of aromatic nitrogens is 7. The second-order valence-corrected chi connectivity index (χ2v) is 6.37. The normalized spacial score (nSPS) is 11.6. The van der Waals surface area contributed by atoms with E-state index >= 15 is 0 Å². The summed E-state index contributed by atoms with van der Waals surface area (Å²) in [6.07, 6.45) is 2.42. The molecule has 5 aromatic rings. The van der Waals surface area contributed by atoms with E-state index in [9.17, 15) is 8.78 Å². The lowest BCUT2D eigenvalue weighted by molar-refractivity contribution is 0.116. The summed E-state index contributed by atoms with van der Waals surface area (Å²) in [6.45, 7) is 0.407. The second-order valence-electron chi connectivity index (χ2n) is 6.37. The molecule has 0 radical (unpaired) electrons. The van der Waals surface area contributed by atoms with Gasteiger partial charge in [0.2, 0.25) is 5.89 Å². The zero-order valence-corrected chi connectivity index (χ0v) is 14.8. The molecular weight excluding hydrogens is 380 g/mol. The van der Waals surface area contributed by atoms with E-state index in [4.69, 9.17) is 4.42 Å². The maximum Gasteiger partial charge on any atom is 0.314 e. The van der Waals surface area contributed by atoms with Crippen molar-refractivity contribution < 1.29 is 13.2 Å². The molecule has 29 heavy (non-hydrogen) atoms. The first kappa shape index (κ1) is 17.2. The number of halogens is 2. The summed E-state index contributed by atoms with van der Waals surface area (Å²) < 4.78 is 31.7. The second kappa shape index (κ2) is 6.89. The smallest absolute Gasteiger partial charge is 0.314 e. The standard InChI is InChI=1S/C19H13F2N7O/c20-17(21)19-26-25-18(29-19)13-3-4-14(23-8-13)9-28-10-16(24-27-28)12-2-1-11-5-6-22-15(11)7-12/h1-8,10,17,22H,9H2. The third-order valence-electron chi connectivity index (χ3n) is 4.41. The highest BCUT2D eigenvalue weighted by Gasteiger charge is 2.17. The van der Waals surface area contributed by atoms with Crippen LogP contribution in [-0.2, 0) is 6.54 Å². The number of aromatic amines is 1. The van der Waals surface area contributed by atoms with Gasteiger partial charge in [-0.05, 0) is 29.7 Å². The minimum Gasteiger partial charge on any atom is -0.415 e. The SMILES string of the molecule is FC(F)c1nnc(-c2ccc(Cn3cc(-c4ccc5cc[nH]c5c4)nn3)nc2)o1. The molecule has 10 heteroatoms. The molecule has 0 atom stereocenters. The minimum absolute atomic E-state index is 0.00195. The van der Waals surface area contributed by atoms with Gasteiger partial charge in [-0.3, -0.25) is 4.98 Å². The summed E-state index contributed by atoms with van der Waals surface area (Å²) >= 11 is 0. The van der Waals surface area contributed by atoms with Crippen molar-refractivity contribution in [2.45, 2.75) is 13.0 Å². The van der Waals surface area contributed by atoms with Crippen LogP contribution in [0.15, 0.2) is 59.4 Å². The highest BCUT2D eigenvalue weighted by atomic mass is 19.3. The van der Waals surface area contributed by atoms with Crippen LogP contribution in [0.2, 0.25) is 0 Å². The molecule has 0 bridgehead atoms. The van der Waals surface area contributed by atoms with E-state index in [1.807, 2.05) is 36.7 Å². The molecule has 1 aromatic carbocycles. The Hall–Kier alpha value is -3.95. The van der Waals surface area contributed by atoms with Crippen LogP contribution < -0.4 is 0 Å². The van der Waals surface area contributed by atoms with Gasteiger partial charge in [0.15, 0.2) is 0 Å². The van der Waals surface area contributed by atoms with E-state index in [0.29, 0.717) is 12.1 Å². The average molecular weight is 393 g/mol. The number of fused-ring (bicyclic) bond motifs is 1. The van der Waals surface area contributed by atoms with Crippen LogP contribution in [0.25, 0.3) is 33.6 Å². The average Bonchev–Trinajstić information content (AvgIpc) is 3.48. The number of nitrogens with one attached hydrogen (secondary N) is 1. The van der Waals surface area contributed by atoms with Gasteiger partial charge in [-0.2, -0.15) is 8.78 Å². The van der Waals surface area contributed by atoms with E-state index in [1.165, 1.54) is 6.20 Å². The first-order chi connectivity index (χ1) is 14.2. The fourth-order valence-electron chi connectivity index (χ4n) is 2.97. The van der Waals surface area contributed by atoms with E-state index in [0.717, 1.165) is 27.9 Å². The summed E-state index contributed by atoms with van der Waals surface area (Å²) in [7, 11) is 0. The molecule has 0 amide bonds. The van der Waals surface area contributed by atoms with E-state index in [2.05, 4.69) is 30.5 Å². The lowest BCUT2D eigenvalue weighted by Crippen LogP contribution is -2.02. The monoisotopic (exact) mass is 393 g/mol. The molecule has 0 aliphatic carbocycles. The van der Waals surface area contributed by atoms with Gasteiger partial charge in [0, 0.05) is 23.5 Å². The van der Waals surface area contributed by atoms with Gasteiger partial charge in [0.05, 0.1) is 24.0 Å². The number of hydrogen-bond acceptors (Lipinski definition) is 6. The van der Waals surface area contributed by atoms with Gasteiger partial charge in [-0.25, -0.2) is 4.68 Å². The zero-order chi connectivity index (χ0) is 19.8. The quantitative estimate of drug-likeness (QED) is 0.487. The van der Waals surface area contributed by atoms with Crippen LogP contribution in [0.4, 0.5) is 8.78 Å². The number of benzene rings is 1. The van der Waals surface area contributed by atoms with Crippen molar-refractivity contribution in [3.63, 3.8) is 0 Å². The first-order valence-electron chi connectivity index (χ1n) is 8.70. The van der Waals surface area contributed by atoms with Crippen LogP contribution in [0.3, 0.4) is 0 Å². The largest absolute Gasteiger partial charge is 0.415 e. The predicted octanol–water partition coefficient (Wildman–Crippen LogP) is 3.86. The lowest BCUT2D eigenvalue weighted by Gasteiger charge is -2.01. The summed E-state index contributed by atoms with van der Waals surface area (Å²) in [5, 5.41) is 16.4. The van der Waals surface area contributed by atoms with Gasteiger partial charge < -0.3 is 9.40 Å². The van der Waals surface area contributed by atoms with E-state index < -0.39 is 12.3 Å². The Bertz CT molecular complexity index is 1270. The Labute approximate surface area is 162 Å². The minimum atomic E-state index is -2.80. The Morgan fingerprint density at radius 1 is 1.03 bits per heavy atom. The molecule has 0 unspecified atom stereocenters. The van der Waals surface area contributed by atoms with Crippen molar-refractivity contribution in [2.75, 3.05) is 0 Å². The van der Waals surface area contributed by atoms with Crippen LogP contribution in [0, 0.1) is 0 Å². The molecule has 0 fully saturated rings. The number of pyridine rings is 1. The summed E-state index contributed by atoms with van der Waals surface area (Å²) in [5.74, 6) is -0.709. The Balaban J connectivity index is 1.32. The van der Waals surface area contributed by atoms with Crippen molar-refractivity contribution in [3.05, 3.63) is 66.6 Å². The Morgan fingerprint density at radius 3 is 2.72 bits per heavy atom. The molecule has 144 valence electrons. The molecule has 8 nitrogen and oxygen atoms in total. The number of hydrogen-bond donors (Lipinski definition) is 1. The van der Waals surface area contributed by atoms with Crippen LogP contribution in [0.5, 0.6) is 0 Å². The van der Waals surface area contributed by atoms with E-state index in [-0.39, 0.29) is 5.89 Å². The van der Waals surface area contributed by atoms with Crippen molar-refractivity contribution in [1.82, 2.24) is 35.2 Å². The van der Waals surface area contributed by atoms with E-state index in [1.54, 1.807) is 16.8 Å². The Kier molecular flexibility index (Phi) is 4.08. The maximum absolute atomic E-state index is 12.6. The van der Waals surface area contributed by atoms with Crippen LogP contribution >= 0.6 is 0 Å². The lowest BCUT2D eigenvalue weighted by atomic mass is 10.1. The highest BCUT2D eigenvalue weighted by Crippen LogP contribution is 2.24. The fraction of sp³-hybridized carbons (Fsp3) is 0.105. The molecule has 4 heterocycles. The van der Waals surface area contributed by atoms with Gasteiger partial charge in [-0.15, -0.1) is 15.3 Å². The Morgan fingerprint density at radius 2 is 1.93 bits per heavy atom. The third-order valence-corrected chi connectivity index (χ3v) is 4.41. The fourth-order valence-corrected chi connectivity index (χ4v) is 2.97. The zero-order valence-electron chi connectivity index (χ0n) is 14.8. The molecule has 0 aliphatic heterocycles. The number of rotatable bonds is 5. The van der Waals surface area contributed by atoms with Gasteiger partial charge >= 0.3 is 6.43 Å². The number of H-pyrrole nitrogens is 1. The highest BCUT2D eigenvalue weighted by molar-refractivity contribution is 5.83. The molecule has 1 N–H and O–H groups in total. The topological polar surface area (TPSA) is 98.3 Å². The molecular formula is C19H13F2N7O. The summed E-state index contributed by atoms with van der Waals surface area (Å²) in [4.78, 5) is 7.49. The third kappa shape index (κ3) is 3.35. The predicted molar refractivity (Wildman–Crippen MR) is 98.9 cm³/mol. The van der Waals surface area contributed by atoms with Gasteiger partial charge in [0.1, 0.15) is 5.69 Å². The van der Waals surface area contributed by atoms with Crippen LogP contribution in [0.1, 0.15) is 18.0 Å². The molecule has 0 aliphatic rings. The number of alkyl halides is 2.